The lowest BCUT2D eigenvalue weighted by Crippen LogP contribution is -2.55. The van der Waals surface area contributed by atoms with Crippen LogP contribution < -0.4 is 5.32 Å². The lowest BCUT2D eigenvalue weighted by atomic mass is 9.85. The van der Waals surface area contributed by atoms with Crippen molar-refractivity contribution < 1.29 is 19.2 Å². The number of unbranched alkanes of at least 4 members (excludes halogenated alkanes) is 1. The number of rotatable bonds is 12. The van der Waals surface area contributed by atoms with Gasteiger partial charge in [-0.3, -0.25) is 19.2 Å². The summed E-state index contributed by atoms with van der Waals surface area (Å²) in [5.41, 5.74) is 0.490. The third kappa shape index (κ3) is 8.53. The van der Waals surface area contributed by atoms with Gasteiger partial charge in [-0.05, 0) is 17.4 Å². The van der Waals surface area contributed by atoms with E-state index in [2.05, 4.69) is 5.32 Å². The summed E-state index contributed by atoms with van der Waals surface area (Å²) in [4.78, 5) is 44.3. The van der Waals surface area contributed by atoms with Crippen LogP contribution in [0.5, 0.6) is 0 Å². The van der Waals surface area contributed by atoms with E-state index in [1.54, 1.807) is 14.1 Å². The Hall–Kier alpha value is -2.41. The quantitative estimate of drug-likeness (QED) is 0.417. The van der Waals surface area contributed by atoms with Gasteiger partial charge in [0.15, 0.2) is 0 Å². The summed E-state index contributed by atoms with van der Waals surface area (Å²) in [6, 6.07) is 8.87. The SMILES string of the molecule is CCCCC(CN(C=O)OCc1ccccc1)C(=O)NC(C(=O)N(C)C)C(C)(C)C. The van der Waals surface area contributed by atoms with Crippen molar-refractivity contribution in [1.29, 1.82) is 0 Å². The Morgan fingerprint density at radius 1 is 1.17 bits per heavy atom. The molecule has 2 atom stereocenters. The lowest BCUT2D eigenvalue weighted by Gasteiger charge is -2.34. The van der Waals surface area contributed by atoms with Crippen LogP contribution in [0, 0.1) is 11.3 Å². The lowest BCUT2D eigenvalue weighted by molar-refractivity contribution is -0.182. The highest BCUT2D eigenvalue weighted by molar-refractivity contribution is 5.89. The fourth-order valence-corrected chi connectivity index (χ4v) is 3.00. The molecule has 30 heavy (non-hydrogen) atoms. The molecule has 0 saturated heterocycles. The summed E-state index contributed by atoms with van der Waals surface area (Å²) in [5, 5.41) is 4.10. The number of amides is 3. The number of carbonyl (C=O) groups excluding carboxylic acids is 3. The average Bonchev–Trinajstić information content (AvgIpc) is 2.70. The molecule has 0 aliphatic carbocycles. The van der Waals surface area contributed by atoms with E-state index in [1.165, 1.54) is 9.96 Å². The first-order valence-electron chi connectivity index (χ1n) is 10.5. The van der Waals surface area contributed by atoms with Crippen LogP contribution in [0.25, 0.3) is 0 Å². The van der Waals surface area contributed by atoms with Crippen LogP contribution in [0.15, 0.2) is 30.3 Å². The molecule has 1 rings (SSSR count). The molecule has 0 radical (unpaired) electrons. The topological polar surface area (TPSA) is 79.0 Å². The van der Waals surface area contributed by atoms with Crippen molar-refractivity contribution in [2.24, 2.45) is 11.3 Å². The molecule has 0 heterocycles. The summed E-state index contributed by atoms with van der Waals surface area (Å²) >= 11 is 0. The molecule has 0 aliphatic heterocycles. The van der Waals surface area contributed by atoms with Crippen molar-refractivity contribution in [1.82, 2.24) is 15.3 Å². The van der Waals surface area contributed by atoms with Crippen LogP contribution in [-0.4, -0.2) is 54.9 Å². The molecule has 7 nitrogen and oxygen atoms in total. The van der Waals surface area contributed by atoms with Crippen LogP contribution in [-0.2, 0) is 25.8 Å². The molecule has 3 amide bonds. The molecule has 0 aromatic heterocycles. The largest absolute Gasteiger partial charge is 0.347 e. The van der Waals surface area contributed by atoms with Crippen LogP contribution in [0.4, 0.5) is 0 Å². The molecule has 168 valence electrons. The molecule has 2 unspecified atom stereocenters. The van der Waals surface area contributed by atoms with E-state index in [4.69, 9.17) is 4.84 Å². The summed E-state index contributed by atoms with van der Waals surface area (Å²) in [6.07, 6.45) is 2.97. The van der Waals surface area contributed by atoms with Crippen molar-refractivity contribution in [3.8, 4) is 0 Å². The van der Waals surface area contributed by atoms with Crippen molar-refractivity contribution in [3.63, 3.8) is 0 Å². The van der Waals surface area contributed by atoms with E-state index in [0.29, 0.717) is 12.8 Å². The van der Waals surface area contributed by atoms with Gasteiger partial charge in [-0.1, -0.05) is 70.9 Å². The third-order valence-electron chi connectivity index (χ3n) is 4.88. The van der Waals surface area contributed by atoms with Gasteiger partial charge in [0, 0.05) is 14.1 Å². The molecule has 1 aromatic rings. The first-order chi connectivity index (χ1) is 14.1. The van der Waals surface area contributed by atoms with E-state index in [-0.39, 0.29) is 25.0 Å². The highest BCUT2D eigenvalue weighted by Gasteiger charge is 2.35. The Kier molecular flexibility index (Phi) is 10.5. The fourth-order valence-electron chi connectivity index (χ4n) is 3.00. The summed E-state index contributed by atoms with van der Waals surface area (Å²) in [7, 11) is 3.35. The van der Waals surface area contributed by atoms with Gasteiger partial charge in [0.05, 0.1) is 12.5 Å². The van der Waals surface area contributed by atoms with E-state index in [0.717, 1.165) is 18.4 Å². The maximum atomic E-state index is 13.1. The van der Waals surface area contributed by atoms with Crippen molar-refractivity contribution in [3.05, 3.63) is 35.9 Å². The zero-order chi connectivity index (χ0) is 22.7. The Morgan fingerprint density at radius 3 is 2.30 bits per heavy atom. The molecule has 0 aliphatic rings. The van der Waals surface area contributed by atoms with Gasteiger partial charge in [-0.15, -0.1) is 0 Å². The summed E-state index contributed by atoms with van der Waals surface area (Å²) < 4.78 is 0. The van der Waals surface area contributed by atoms with Crippen molar-refractivity contribution >= 4 is 18.2 Å². The number of carbonyl (C=O) groups is 3. The van der Waals surface area contributed by atoms with E-state index < -0.39 is 17.4 Å². The Bertz CT molecular complexity index is 671. The van der Waals surface area contributed by atoms with Gasteiger partial charge in [0.25, 0.3) is 0 Å². The van der Waals surface area contributed by atoms with Crippen LogP contribution in [0.3, 0.4) is 0 Å². The van der Waals surface area contributed by atoms with Gasteiger partial charge in [0.2, 0.25) is 18.2 Å². The van der Waals surface area contributed by atoms with Gasteiger partial charge in [-0.2, -0.15) is 0 Å². The molecule has 1 N–H and O–H groups in total. The zero-order valence-electron chi connectivity index (χ0n) is 19.2. The number of likely N-dealkylation sites (N-methyl/N-ethyl adjacent to an activating group) is 1. The Labute approximate surface area is 180 Å². The van der Waals surface area contributed by atoms with Gasteiger partial charge >= 0.3 is 0 Å². The first kappa shape index (κ1) is 25.6. The molecule has 1 aromatic carbocycles. The number of hydrogen-bond donors (Lipinski definition) is 1. The van der Waals surface area contributed by atoms with Crippen molar-refractivity contribution in [2.75, 3.05) is 20.6 Å². The van der Waals surface area contributed by atoms with Crippen LogP contribution >= 0.6 is 0 Å². The van der Waals surface area contributed by atoms with Crippen LogP contribution in [0.1, 0.15) is 52.5 Å². The second kappa shape index (κ2) is 12.3. The minimum absolute atomic E-state index is 0.134. The normalized spacial score (nSPS) is 13.3. The average molecular weight is 420 g/mol. The van der Waals surface area contributed by atoms with E-state index >= 15 is 0 Å². The van der Waals surface area contributed by atoms with Gasteiger partial charge in [-0.25, -0.2) is 5.06 Å². The second-order valence-electron chi connectivity index (χ2n) is 8.84. The minimum Gasteiger partial charge on any atom is -0.347 e. The molecule has 0 spiro atoms. The molecule has 0 bridgehead atoms. The number of hydrogen-bond acceptors (Lipinski definition) is 4. The van der Waals surface area contributed by atoms with Gasteiger partial charge in [0.1, 0.15) is 12.6 Å². The molecule has 0 saturated carbocycles. The predicted octanol–water partition coefficient (Wildman–Crippen LogP) is 3.00. The second-order valence-corrected chi connectivity index (χ2v) is 8.84. The van der Waals surface area contributed by atoms with Gasteiger partial charge < -0.3 is 10.2 Å². The van der Waals surface area contributed by atoms with E-state index in [1.807, 2.05) is 58.0 Å². The monoisotopic (exact) mass is 419 g/mol. The maximum absolute atomic E-state index is 13.1. The summed E-state index contributed by atoms with van der Waals surface area (Å²) in [6.45, 7) is 8.18. The van der Waals surface area contributed by atoms with E-state index in [9.17, 15) is 14.4 Å². The summed E-state index contributed by atoms with van der Waals surface area (Å²) in [5.74, 6) is -0.864. The molecule has 7 heteroatoms. The number of nitrogens with one attached hydrogen (secondary N) is 1. The predicted molar refractivity (Wildman–Crippen MR) is 117 cm³/mol. The third-order valence-corrected chi connectivity index (χ3v) is 4.88. The van der Waals surface area contributed by atoms with Crippen LogP contribution in [0.2, 0.25) is 0 Å². The number of hydroxylamine groups is 2. The molecular formula is C23H37N3O4. The van der Waals surface area contributed by atoms with Crippen molar-refractivity contribution in [2.45, 2.75) is 59.6 Å². The minimum atomic E-state index is -0.654. The highest BCUT2D eigenvalue weighted by atomic mass is 16.7. The zero-order valence-corrected chi connectivity index (χ0v) is 19.2. The fraction of sp³-hybridized carbons (Fsp3) is 0.609. The molecular weight excluding hydrogens is 382 g/mol. The first-order valence-corrected chi connectivity index (χ1v) is 10.5. The smallest absolute Gasteiger partial charge is 0.245 e. The Balaban J connectivity index is 2.87. The maximum Gasteiger partial charge on any atom is 0.245 e. The number of nitrogens with zero attached hydrogens (tertiary/aromatic N) is 2. The number of benzene rings is 1. The molecule has 0 fully saturated rings. The highest BCUT2D eigenvalue weighted by Crippen LogP contribution is 2.22. The Morgan fingerprint density at radius 2 is 1.80 bits per heavy atom. The standard InChI is InChI=1S/C23H37N3O4/c1-7-8-14-19(15-26(17-27)30-16-18-12-10-9-11-13-18)21(28)24-20(23(2,3)4)22(29)25(5)6/h9-13,17,19-20H,7-8,14-16H2,1-6H3,(H,24,28).